The van der Waals surface area contributed by atoms with Gasteiger partial charge in [-0.15, -0.1) is 0 Å². The van der Waals surface area contributed by atoms with Crippen LogP contribution in [0.4, 0.5) is 19.0 Å². The minimum absolute atomic E-state index is 0.0607. The molecule has 0 saturated carbocycles. The summed E-state index contributed by atoms with van der Waals surface area (Å²) in [6.07, 6.45) is 4.77. The van der Waals surface area contributed by atoms with Crippen molar-refractivity contribution in [2.24, 2.45) is 11.5 Å². The molecule has 1 fully saturated rings. The first-order chi connectivity index (χ1) is 18.5. The highest BCUT2D eigenvalue weighted by Crippen LogP contribution is 2.34. The number of carbonyl (C=O) groups is 2. The second-order valence-corrected chi connectivity index (χ2v) is 9.36. The van der Waals surface area contributed by atoms with Gasteiger partial charge in [-0.05, 0) is 63.2 Å². The van der Waals surface area contributed by atoms with Crippen molar-refractivity contribution in [2.75, 3.05) is 18.4 Å². The van der Waals surface area contributed by atoms with E-state index in [1.807, 2.05) is 0 Å². The minimum atomic E-state index is -4.46. The van der Waals surface area contributed by atoms with E-state index in [-0.39, 0.29) is 17.3 Å². The van der Waals surface area contributed by atoms with E-state index in [0.29, 0.717) is 35.6 Å². The Bertz CT molecular complexity index is 1350. The second-order valence-electron chi connectivity index (χ2n) is 9.36. The number of carbonyl (C=O) groups excluding carboxylic acids is 2. The topological polar surface area (TPSA) is 136 Å². The third kappa shape index (κ3) is 7.23. The summed E-state index contributed by atoms with van der Waals surface area (Å²) in [6, 6.07) is 4.08. The van der Waals surface area contributed by atoms with E-state index in [1.54, 1.807) is 31.2 Å². The van der Waals surface area contributed by atoms with Crippen molar-refractivity contribution in [3.8, 4) is 5.75 Å². The van der Waals surface area contributed by atoms with Crippen LogP contribution in [0.5, 0.6) is 5.75 Å². The second kappa shape index (κ2) is 11.7. The molecule has 2 amide bonds. The molecule has 12 heteroatoms. The van der Waals surface area contributed by atoms with Gasteiger partial charge in [0, 0.05) is 30.2 Å². The number of ether oxygens (including phenoxy) is 1. The van der Waals surface area contributed by atoms with Gasteiger partial charge in [0.2, 0.25) is 5.91 Å². The molecule has 206 valence electrons. The number of nitrogens with one attached hydrogen (secondary N) is 1. The number of halogens is 3. The van der Waals surface area contributed by atoms with E-state index in [4.69, 9.17) is 16.2 Å². The van der Waals surface area contributed by atoms with Crippen LogP contribution in [0.2, 0.25) is 0 Å². The fourth-order valence-electron chi connectivity index (χ4n) is 4.20. The third-order valence-electron chi connectivity index (χ3n) is 6.31. The normalized spacial score (nSPS) is 16.7. The molecular formula is C27H29F3N6O3. The van der Waals surface area contributed by atoms with Gasteiger partial charge in [0.15, 0.2) is 5.82 Å². The summed E-state index contributed by atoms with van der Waals surface area (Å²) in [4.78, 5) is 34.0. The van der Waals surface area contributed by atoms with E-state index in [9.17, 15) is 22.8 Å². The smallest absolute Gasteiger partial charge is 0.416 e. The van der Waals surface area contributed by atoms with Crippen molar-refractivity contribution in [1.82, 2.24) is 14.9 Å². The fraction of sp³-hybridized carbons (Fsp3) is 0.333. The number of nitrogens with two attached hydrogens (primary N) is 2. The molecule has 1 aromatic heterocycles. The van der Waals surface area contributed by atoms with Crippen molar-refractivity contribution in [1.29, 1.82) is 0 Å². The monoisotopic (exact) mass is 542 g/mol. The molecule has 2 heterocycles. The van der Waals surface area contributed by atoms with Crippen molar-refractivity contribution in [2.45, 2.75) is 44.9 Å². The van der Waals surface area contributed by atoms with Crippen LogP contribution in [-0.4, -0.2) is 45.8 Å². The molecule has 1 saturated heterocycles. The standard InChI is InChI=1S/C27H29F3N6O3/c1-16(24(31)37)33-23-14-21(25(32)38)34-26(35-23)17-5-4-6-20(9-7-17)39-22-10-8-19(27(28,29)30)13-18(22)15-36-11-2-3-12-36/h4-5,7-10,13-14,16H,2-3,6,11-12,15H2,1H3,(H2,31,37)(H2,32,38)(H,33,34,35). The Morgan fingerprint density at radius 2 is 1.87 bits per heavy atom. The van der Waals surface area contributed by atoms with E-state index >= 15 is 0 Å². The van der Waals surface area contributed by atoms with Gasteiger partial charge in [0.1, 0.15) is 29.1 Å². The third-order valence-corrected chi connectivity index (χ3v) is 6.31. The van der Waals surface area contributed by atoms with Crippen molar-refractivity contribution in [3.05, 3.63) is 77.0 Å². The van der Waals surface area contributed by atoms with Crippen LogP contribution >= 0.6 is 0 Å². The highest BCUT2D eigenvalue weighted by molar-refractivity contribution is 5.92. The first-order valence-corrected chi connectivity index (χ1v) is 12.4. The van der Waals surface area contributed by atoms with Gasteiger partial charge in [-0.1, -0.05) is 12.2 Å². The van der Waals surface area contributed by atoms with Crippen LogP contribution in [-0.2, 0) is 17.5 Å². The highest BCUT2D eigenvalue weighted by atomic mass is 19.4. The summed E-state index contributed by atoms with van der Waals surface area (Å²) in [5.41, 5.74) is 10.9. The Balaban J connectivity index is 1.62. The molecular weight excluding hydrogens is 513 g/mol. The quantitative estimate of drug-likeness (QED) is 0.439. The number of hydrogen-bond donors (Lipinski definition) is 3. The lowest BCUT2D eigenvalue weighted by atomic mass is 10.1. The Kier molecular flexibility index (Phi) is 8.34. The molecule has 1 aromatic carbocycles. The lowest BCUT2D eigenvalue weighted by Gasteiger charge is -2.20. The summed E-state index contributed by atoms with van der Waals surface area (Å²) in [5.74, 6) is -0.180. The van der Waals surface area contributed by atoms with Crippen LogP contribution in [0, 0.1) is 0 Å². The number of likely N-dealkylation sites (tertiary alicyclic amines) is 1. The molecule has 1 unspecified atom stereocenters. The number of allylic oxidation sites excluding steroid dienone is 5. The molecule has 1 atom stereocenters. The van der Waals surface area contributed by atoms with Crippen LogP contribution in [0.15, 0.2) is 54.3 Å². The molecule has 1 aliphatic carbocycles. The van der Waals surface area contributed by atoms with Gasteiger partial charge in [0.05, 0.1) is 5.56 Å². The summed E-state index contributed by atoms with van der Waals surface area (Å²) in [6.45, 7) is 3.56. The van der Waals surface area contributed by atoms with Gasteiger partial charge >= 0.3 is 6.18 Å². The number of nitrogens with zero attached hydrogens (tertiary/aromatic N) is 3. The first kappa shape index (κ1) is 27.8. The number of rotatable bonds is 9. The Morgan fingerprint density at radius 3 is 2.54 bits per heavy atom. The Labute approximate surface area is 223 Å². The number of aromatic nitrogens is 2. The van der Waals surface area contributed by atoms with E-state index in [0.717, 1.165) is 38.1 Å². The first-order valence-electron chi connectivity index (χ1n) is 12.4. The predicted octanol–water partition coefficient (Wildman–Crippen LogP) is 3.78. The van der Waals surface area contributed by atoms with E-state index in [2.05, 4.69) is 20.2 Å². The average molecular weight is 543 g/mol. The van der Waals surface area contributed by atoms with E-state index in [1.165, 1.54) is 12.1 Å². The van der Waals surface area contributed by atoms with Gasteiger partial charge in [-0.2, -0.15) is 13.2 Å². The molecule has 2 aliphatic rings. The SMILES string of the molecule is CC(Nc1cc(C(N)=O)nc(C2=CC=C(Oc3ccc(C(F)(F)F)cc3CN3CCCC3)CC=C2)n1)C(N)=O. The lowest BCUT2D eigenvalue weighted by Crippen LogP contribution is -2.33. The zero-order valence-corrected chi connectivity index (χ0v) is 21.3. The number of anilines is 1. The van der Waals surface area contributed by atoms with Crippen LogP contribution in [0.25, 0.3) is 5.57 Å². The summed E-state index contributed by atoms with van der Waals surface area (Å²) in [5, 5.41) is 2.82. The van der Waals surface area contributed by atoms with Crippen molar-refractivity contribution < 1.29 is 27.5 Å². The number of hydrogen-bond acceptors (Lipinski definition) is 7. The summed E-state index contributed by atoms with van der Waals surface area (Å²) >= 11 is 0. The Hall–Kier alpha value is -4.19. The molecule has 5 N–H and O–H groups in total. The molecule has 1 aliphatic heterocycles. The molecule has 0 spiro atoms. The van der Waals surface area contributed by atoms with Gasteiger partial charge in [0.25, 0.3) is 5.91 Å². The molecule has 0 radical (unpaired) electrons. The number of benzene rings is 1. The largest absolute Gasteiger partial charge is 0.461 e. The molecule has 9 nitrogen and oxygen atoms in total. The summed E-state index contributed by atoms with van der Waals surface area (Å²) < 4.78 is 46.3. The molecule has 0 bridgehead atoms. The van der Waals surface area contributed by atoms with Crippen molar-refractivity contribution >= 4 is 23.2 Å². The maximum atomic E-state index is 13.4. The lowest BCUT2D eigenvalue weighted by molar-refractivity contribution is -0.137. The maximum absolute atomic E-state index is 13.4. The molecule has 39 heavy (non-hydrogen) atoms. The molecule has 2 aromatic rings. The van der Waals surface area contributed by atoms with Crippen molar-refractivity contribution in [3.63, 3.8) is 0 Å². The van der Waals surface area contributed by atoms with Gasteiger partial charge in [-0.25, -0.2) is 9.97 Å². The fourth-order valence-corrected chi connectivity index (χ4v) is 4.20. The van der Waals surface area contributed by atoms with Gasteiger partial charge in [-0.3, -0.25) is 14.5 Å². The number of primary amides is 2. The van der Waals surface area contributed by atoms with Crippen LogP contribution in [0.1, 0.15) is 53.6 Å². The van der Waals surface area contributed by atoms with Crippen LogP contribution < -0.4 is 21.5 Å². The zero-order chi connectivity index (χ0) is 28.2. The van der Waals surface area contributed by atoms with Crippen LogP contribution in [0.3, 0.4) is 0 Å². The number of alkyl halides is 3. The molecule has 4 rings (SSSR count). The average Bonchev–Trinajstić information content (AvgIpc) is 3.27. The minimum Gasteiger partial charge on any atom is -0.461 e. The van der Waals surface area contributed by atoms with E-state index < -0.39 is 29.6 Å². The highest BCUT2D eigenvalue weighted by Gasteiger charge is 2.31. The van der Waals surface area contributed by atoms with Gasteiger partial charge < -0.3 is 21.5 Å². The predicted molar refractivity (Wildman–Crippen MR) is 139 cm³/mol. The zero-order valence-electron chi connectivity index (χ0n) is 21.3. The number of amides is 2. The maximum Gasteiger partial charge on any atom is 0.416 e. The summed E-state index contributed by atoms with van der Waals surface area (Å²) in [7, 11) is 0. The Morgan fingerprint density at radius 1 is 1.13 bits per heavy atom.